The van der Waals surface area contributed by atoms with E-state index in [0.717, 1.165) is 31.7 Å². The topological polar surface area (TPSA) is 24.5 Å². The normalized spacial score (nSPS) is 13.2. The fourth-order valence-corrected chi connectivity index (χ4v) is 2.33. The van der Waals surface area contributed by atoms with Crippen molar-refractivity contribution in [3.8, 4) is 0 Å². The maximum Gasteiger partial charge on any atom is 0.123 e. The van der Waals surface area contributed by atoms with Crippen molar-refractivity contribution in [2.75, 3.05) is 33.9 Å². The number of nitrogens with one attached hydrogen (secondary N) is 1. The van der Waals surface area contributed by atoms with E-state index in [1.54, 1.807) is 19.2 Å². The summed E-state index contributed by atoms with van der Waals surface area (Å²) in [6, 6.07) is 7.48. The largest absolute Gasteiger partial charge is 0.383 e. The van der Waals surface area contributed by atoms with Gasteiger partial charge in [0, 0.05) is 32.3 Å². The molecule has 1 atom stereocenters. The van der Waals surface area contributed by atoms with Crippen LogP contribution in [0.4, 0.5) is 4.39 Å². The smallest absolute Gasteiger partial charge is 0.123 e. The molecule has 0 amide bonds. The van der Waals surface area contributed by atoms with E-state index in [0.29, 0.717) is 6.04 Å². The summed E-state index contributed by atoms with van der Waals surface area (Å²) in [6.07, 6.45) is 0.946. The summed E-state index contributed by atoms with van der Waals surface area (Å²) >= 11 is 0. The van der Waals surface area contributed by atoms with Gasteiger partial charge in [-0.2, -0.15) is 0 Å². The lowest BCUT2D eigenvalue weighted by molar-refractivity contribution is 0.126. The van der Waals surface area contributed by atoms with Gasteiger partial charge in [-0.3, -0.25) is 4.90 Å². The quantitative estimate of drug-likeness (QED) is 0.754. The van der Waals surface area contributed by atoms with Gasteiger partial charge in [-0.15, -0.1) is 0 Å². The summed E-state index contributed by atoms with van der Waals surface area (Å²) < 4.78 is 18.5. The van der Waals surface area contributed by atoms with Crippen molar-refractivity contribution in [2.45, 2.75) is 32.4 Å². The molecular weight excluding hydrogens is 255 g/mol. The molecule has 20 heavy (non-hydrogen) atoms. The molecule has 1 aromatic rings. The lowest BCUT2D eigenvalue weighted by atomic mass is 10.0. The summed E-state index contributed by atoms with van der Waals surface area (Å²) in [7, 11) is 3.64. The highest BCUT2D eigenvalue weighted by molar-refractivity contribution is 5.20. The molecular formula is C16H27FN2O. The Morgan fingerprint density at radius 2 is 2.05 bits per heavy atom. The number of hydrogen-bond donors (Lipinski definition) is 1. The van der Waals surface area contributed by atoms with Crippen molar-refractivity contribution in [3.05, 3.63) is 35.6 Å². The first-order valence-electron chi connectivity index (χ1n) is 7.24. The van der Waals surface area contributed by atoms with Crippen molar-refractivity contribution >= 4 is 0 Å². The summed E-state index contributed by atoms with van der Waals surface area (Å²) in [4.78, 5) is 2.38. The Labute approximate surface area is 122 Å². The molecule has 3 nitrogen and oxygen atoms in total. The number of rotatable bonds is 9. The number of benzene rings is 1. The molecule has 0 aliphatic heterocycles. The SMILES string of the molecule is CNC(CCN(CCOC)C(C)C)c1cccc(F)c1. The fraction of sp³-hybridized carbons (Fsp3) is 0.625. The third-order valence-electron chi connectivity index (χ3n) is 3.62. The van der Waals surface area contributed by atoms with Gasteiger partial charge in [0.15, 0.2) is 0 Å². The van der Waals surface area contributed by atoms with Gasteiger partial charge in [0.1, 0.15) is 5.82 Å². The van der Waals surface area contributed by atoms with Crippen LogP contribution >= 0.6 is 0 Å². The molecule has 0 radical (unpaired) electrons. The molecule has 1 N–H and O–H groups in total. The zero-order valence-corrected chi connectivity index (χ0v) is 13.0. The van der Waals surface area contributed by atoms with Crippen LogP contribution in [0, 0.1) is 5.82 Å². The van der Waals surface area contributed by atoms with Crippen molar-refractivity contribution in [1.82, 2.24) is 10.2 Å². The Bertz CT molecular complexity index is 384. The van der Waals surface area contributed by atoms with E-state index in [2.05, 4.69) is 24.1 Å². The lowest BCUT2D eigenvalue weighted by Gasteiger charge is -2.28. The molecule has 4 heteroatoms. The summed E-state index contributed by atoms with van der Waals surface area (Å²) in [5.41, 5.74) is 1.00. The summed E-state index contributed by atoms with van der Waals surface area (Å²) in [6.45, 7) is 7.00. The molecule has 1 rings (SSSR count). The number of methoxy groups -OCH3 is 1. The van der Waals surface area contributed by atoms with Gasteiger partial charge in [-0.25, -0.2) is 4.39 Å². The third-order valence-corrected chi connectivity index (χ3v) is 3.62. The van der Waals surface area contributed by atoms with Gasteiger partial charge in [0.25, 0.3) is 0 Å². The van der Waals surface area contributed by atoms with E-state index in [1.165, 1.54) is 6.07 Å². The van der Waals surface area contributed by atoms with Crippen molar-refractivity contribution in [1.29, 1.82) is 0 Å². The van der Waals surface area contributed by atoms with Crippen LogP contribution < -0.4 is 5.32 Å². The molecule has 0 saturated carbocycles. The van der Waals surface area contributed by atoms with Gasteiger partial charge in [0.05, 0.1) is 6.61 Å². The average Bonchev–Trinajstić information content (AvgIpc) is 2.42. The minimum absolute atomic E-state index is 0.175. The lowest BCUT2D eigenvalue weighted by Crippen LogP contribution is -2.36. The van der Waals surface area contributed by atoms with Crippen molar-refractivity contribution < 1.29 is 9.13 Å². The minimum atomic E-state index is -0.178. The molecule has 0 heterocycles. The van der Waals surface area contributed by atoms with Crippen LogP contribution in [-0.4, -0.2) is 44.8 Å². The van der Waals surface area contributed by atoms with E-state index in [-0.39, 0.29) is 11.9 Å². The summed E-state index contributed by atoms with van der Waals surface area (Å²) in [5, 5.41) is 3.27. The number of ether oxygens (including phenoxy) is 1. The standard InChI is InChI=1S/C16H27FN2O/c1-13(2)19(10-11-20-4)9-8-16(18-3)14-6-5-7-15(17)12-14/h5-7,12-13,16,18H,8-11H2,1-4H3. The minimum Gasteiger partial charge on any atom is -0.383 e. The fourth-order valence-electron chi connectivity index (χ4n) is 2.33. The maximum atomic E-state index is 13.3. The van der Waals surface area contributed by atoms with Gasteiger partial charge in [-0.05, 0) is 45.0 Å². The van der Waals surface area contributed by atoms with Gasteiger partial charge in [-0.1, -0.05) is 12.1 Å². The van der Waals surface area contributed by atoms with Crippen LogP contribution in [0.25, 0.3) is 0 Å². The molecule has 0 aromatic heterocycles. The molecule has 0 fully saturated rings. The van der Waals surface area contributed by atoms with Crippen LogP contribution in [0.3, 0.4) is 0 Å². The zero-order valence-electron chi connectivity index (χ0n) is 13.0. The highest BCUT2D eigenvalue weighted by Gasteiger charge is 2.14. The second kappa shape index (κ2) is 9.06. The first-order chi connectivity index (χ1) is 9.58. The van der Waals surface area contributed by atoms with Crippen LogP contribution in [0.1, 0.15) is 31.9 Å². The second-order valence-corrected chi connectivity index (χ2v) is 5.31. The Balaban J connectivity index is 2.59. The first kappa shape index (κ1) is 17.1. The van der Waals surface area contributed by atoms with E-state index in [1.807, 2.05) is 13.1 Å². The Morgan fingerprint density at radius 1 is 1.30 bits per heavy atom. The zero-order chi connectivity index (χ0) is 15.0. The van der Waals surface area contributed by atoms with Gasteiger partial charge < -0.3 is 10.1 Å². The van der Waals surface area contributed by atoms with Crippen LogP contribution in [-0.2, 0) is 4.74 Å². The molecule has 0 saturated heterocycles. The summed E-state index contributed by atoms with van der Waals surface area (Å²) in [5.74, 6) is -0.178. The Morgan fingerprint density at radius 3 is 2.60 bits per heavy atom. The van der Waals surface area contributed by atoms with Crippen LogP contribution in [0.5, 0.6) is 0 Å². The first-order valence-corrected chi connectivity index (χ1v) is 7.24. The second-order valence-electron chi connectivity index (χ2n) is 5.31. The van der Waals surface area contributed by atoms with E-state index < -0.39 is 0 Å². The molecule has 0 spiro atoms. The van der Waals surface area contributed by atoms with Crippen LogP contribution in [0.2, 0.25) is 0 Å². The third kappa shape index (κ3) is 5.57. The predicted octanol–water partition coefficient (Wildman–Crippen LogP) is 2.83. The predicted molar refractivity (Wildman–Crippen MR) is 81.4 cm³/mol. The monoisotopic (exact) mass is 282 g/mol. The molecule has 114 valence electrons. The van der Waals surface area contributed by atoms with Gasteiger partial charge in [0.2, 0.25) is 0 Å². The van der Waals surface area contributed by atoms with Crippen LogP contribution in [0.15, 0.2) is 24.3 Å². The molecule has 0 aliphatic rings. The van der Waals surface area contributed by atoms with E-state index >= 15 is 0 Å². The Kier molecular flexibility index (Phi) is 7.73. The molecule has 1 aromatic carbocycles. The maximum absolute atomic E-state index is 13.3. The highest BCUT2D eigenvalue weighted by atomic mass is 19.1. The highest BCUT2D eigenvalue weighted by Crippen LogP contribution is 2.18. The molecule has 0 aliphatic carbocycles. The van der Waals surface area contributed by atoms with E-state index in [4.69, 9.17) is 4.74 Å². The Hall–Kier alpha value is -0.970. The number of halogens is 1. The van der Waals surface area contributed by atoms with Crippen molar-refractivity contribution in [2.24, 2.45) is 0 Å². The molecule has 0 bridgehead atoms. The average molecular weight is 282 g/mol. The van der Waals surface area contributed by atoms with Crippen molar-refractivity contribution in [3.63, 3.8) is 0 Å². The number of nitrogens with zero attached hydrogens (tertiary/aromatic N) is 1. The van der Waals surface area contributed by atoms with E-state index in [9.17, 15) is 4.39 Å². The molecule has 1 unspecified atom stereocenters. The van der Waals surface area contributed by atoms with Gasteiger partial charge >= 0.3 is 0 Å². The number of hydrogen-bond acceptors (Lipinski definition) is 3.